The van der Waals surface area contributed by atoms with Gasteiger partial charge in [-0.3, -0.25) is 4.98 Å². The number of nitrogens with one attached hydrogen (secondary N) is 2. The molecule has 2 rings (SSSR count). The molecule has 0 aliphatic heterocycles. The zero-order valence-corrected chi connectivity index (χ0v) is 13.0. The van der Waals surface area contributed by atoms with E-state index in [-0.39, 0.29) is 0 Å². The van der Waals surface area contributed by atoms with Crippen LogP contribution >= 0.6 is 0 Å². The minimum absolute atomic E-state index is 0.844. The lowest BCUT2D eigenvalue weighted by atomic mass is 10.2. The first-order valence-corrected chi connectivity index (χ1v) is 7.42. The largest absolute Gasteiger partial charge is 0.373 e. The second kappa shape index (κ2) is 7.57. The van der Waals surface area contributed by atoms with Crippen LogP contribution in [0, 0.1) is 6.92 Å². The van der Waals surface area contributed by atoms with Crippen molar-refractivity contribution >= 4 is 11.6 Å². The molecule has 5 heteroatoms. The Morgan fingerprint density at radius 2 is 1.76 bits per heavy atom. The number of hydrogen-bond acceptors (Lipinski definition) is 5. The molecule has 2 aromatic heterocycles. The Hall–Kier alpha value is -2.17. The molecule has 0 bridgehead atoms. The van der Waals surface area contributed by atoms with Gasteiger partial charge in [0, 0.05) is 38.0 Å². The van der Waals surface area contributed by atoms with E-state index in [0.717, 1.165) is 48.8 Å². The van der Waals surface area contributed by atoms with Gasteiger partial charge in [-0.15, -0.1) is 0 Å². The van der Waals surface area contributed by atoms with Gasteiger partial charge in [-0.2, -0.15) is 0 Å². The number of hydrogen-bond donors (Lipinski definition) is 2. The smallest absolute Gasteiger partial charge is 0.134 e. The average Bonchev–Trinajstić information content (AvgIpc) is 2.51. The van der Waals surface area contributed by atoms with Crippen LogP contribution in [0.25, 0.3) is 0 Å². The summed E-state index contributed by atoms with van der Waals surface area (Å²) in [4.78, 5) is 13.2. The van der Waals surface area contributed by atoms with E-state index in [0.29, 0.717) is 0 Å². The van der Waals surface area contributed by atoms with Gasteiger partial charge in [-0.05, 0) is 37.5 Å². The Kier molecular flexibility index (Phi) is 5.49. The third-order valence-electron chi connectivity index (χ3n) is 3.36. The van der Waals surface area contributed by atoms with E-state index < -0.39 is 0 Å². The molecule has 2 heterocycles. The van der Waals surface area contributed by atoms with Gasteiger partial charge in [0.2, 0.25) is 0 Å². The SMILES string of the molecule is CCCc1nc(NC)c(C)c(NCCc2ccncc2)n1. The predicted molar refractivity (Wildman–Crippen MR) is 86.7 cm³/mol. The van der Waals surface area contributed by atoms with E-state index in [1.807, 2.05) is 38.5 Å². The summed E-state index contributed by atoms with van der Waals surface area (Å²) in [6.45, 7) is 5.02. The molecule has 0 spiro atoms. The summed E-state index contributed by atoms with van der Waals surface area (Å²) >= 11 is 0. The van der Waals surface area contributed by atoms with E-state index in [9.17, 15) is 0 Å². The molecule has 21 heavy (non-hydrogen) atoms. The molecule has 112 valence electrons. The number of aromatic nitrogens is 3. The highest BCUT2D eigenvalue weighted by atomic mass is 15.1. The summed E-state index contributed by atoms with van der Waals surface area (Å²) in [7, 11) is 1.89. The van der Waals surface area contributed by atoms with Crippen LogP contribution < -0.4 is 10.6 Å². The van der Waals surface area contributed by atoms with Crippen molar-refractivity contribution in [1.29, 1.82) is 0 Å². The van der Waals surface area contributed by atoms with Gasteiger partial charge < -0.3 is 10.6 Å². The van der Waals surface area contributed by atoms with E-state index >= 15 is 0 Å². The zero-order chi connectivity index (χ0) is 15.1. The first-order valence-electron chi connectivity index (χ1n) is 7.42. The van der Waals surface area contributed by atoms with E-state index in [4.69, 9.17) is 0 Å². The van der Waals surface area contributed by atoms with Gasteiger partial charge in [-0.25, -0.2) is 9.97 Å². The van der Waals surface area contributed by atoms with E-state index in [1.165, 1.54) is 5.56 Å². The fourth-order valence-corrected chi connectivity index (χ4v) is 2.19. The topological polar surface area (TPSA) is 62.7 Å². The van der Waals surface area contributed by atoms with Crippen molar-refractivity contribution in [1.82, 2.24) is 15.0 Å². The van der Waals surface area contributed by atoms with Crippen LogP contribution in [0.5, 0.6) is 0 Å². The van der Waals surface area contributed by atoms with Crippen LogP contribution in [0.3, 0.4) is 0 Å². The van der Waals surface area contributed by atoms with Crippen LogP contribution in [0.15, 0.2) is 24.5 Å². The Morgan fingerprint density at radius 1 is 1.05 bits per heavy atom. The fourth-order valence-electron chi connectivity index (χ4n) is 2.19. The van der Waals surface area contributed by atoms with Gasteiger partial charge in [0.1, 0.15) is 17.5 Å². The number of pyridine rings is 1. The van der Waals surface area contributed by atoms with Gasteiger partial charge in [-0.1, -0.05) is 6.92 Å². The highest BCUT2D eigenvalue weighted by Crippen LogP contribution is 2.20. The predicted octanol–water partition coefficient (Wildman–Crippen LogP) is 2.83. The third kappa shape index (κ3) is 4.15. The van der Waals surface area contributed by atoms with Crippen molar-refractivity contribution in [2.24, 2.45) is 0 Å². The maximum absolute atomic E-state index is 4.63. The van der Waals surface area contributed by atoms with Gasteiger partial charge in [0.15, 0.2) is 0 Å². The lowest BCUT2D eigenvalue weighted by molar-refractivity contribution is 0.830. The van der Waals surface area contributed by atoms with Crippen molar-refractivity contribution in [2.75, 3.05) is 24.2 Å². The lowest BCUT2D eigenvalue weighted by Crippen LogP contribution is -2.12. The highest BCUT2D eigenvalue weighted by molar-refractivity contribution is 5.57. The van der Waals surface area contributed by atoms with Gasteiger partial charge in [0.25, 0.3) is 0 Å². The fraction of sp³-hybridized carbons (Fsp3) is 0.438. The van der Waals surface area contributed by atoms with Crippen molar-refractivity contribution in [3.8, 4) is 0 Å². The second-order valence-electron chi connectivity index (χ2n) is 4.99. The minimum atomic E-state index is 0.844. The standard InChI is InChI=1S/C16H23N5/c1-4-5-14-20-15(17-3)12(2)16(21-14)19-11-8-13-6-9-18-10-7-13/h6-7,9-10H,4-5,8,11H2,1-3H3,(H2,17,19,20,21). The minimum Gasteiger partial charge on any atom is -0.373 e. The molecule has 2 aromatic rings. The molecule has 0 saturated carbocycles. The van der Waals surface area contributed by atoms with Crippen molar-refractivity contribution in [2.45, 2.75) is 33.1 Å². The molecule has 0 amide bonds. The van der Waals surface area contributed by atoms with Crippen LogP contribution in [0.1, 0.15) is 30.3 Å². The number of aryl methyl sites for hydroxylation is 1. The van der Waals surface area contributed by atoms with Crippen LogP contribution in [0.4, 0.5) is 11.6 Å². The lowest BCUT2D eigenvalue weighted by Gasteiger charge is -2.13. The first-order chi connectivity index (χ1) is 10.2. The summed E-state index contributed by atoms with van der Waals surface area (Å²) in [5.41, 5.74) is 2.33. The van der Waals surface area contributed by atoms with Crippen molar-refractivity contribution in [3.63, 3.8) is 0 Å². The second-order valence-corrected chi connectivity index (χ2v) is 4.99. The number of rotatable bonds is 7. The number of anilines is 2. The summed E-state index contributed by atoms with van der Waals surface area (Å²) in [6, 6.07) is 4.08. The molecule has 0 radical (unpaired) electrons. The van der Waals surface area contributed by atoms with Crippen LogP contribution in [-0.4, -0.2) is 28.5 Å². The molecular formula is C16H23N5. The molecule has 0 aliphatic rings. The normalized spacial score (nSPS) is 10.4. The van der Waals surface area contributed by atoms with Crippen LogP contribution in [0.2, 0.25) is 0 Å². The Morgan fingerprint density at radius 3 is 2.43 bits per heavy atom. The Labute approximate surface area is 126 Å². The Balaban J connectivity index is 2.06. The maximum atomic E-state index is 4.63. The molecule has 2 N–H and O–H groups in total. The van der Waals surface area contributed by atoms with Gasteiger partial charge >= 0.3 is 0 Å². The molecule has 0 aromatic carbocycles. The highest BCUT2D eigenvalue weighted by Gasteiger charge is 2.09. The molecule has 0 atom stereocenters. The Bertz CT molecular complexity index is 568. The molecule has 5 nitrogen and oxygen atoms in total. The first kappa shape index (κ1) is 15.2. The summed E-state index contributed by atoms with van der Waals surface area (Å²) < 4.78 is 0. The summed E-state index contributed by atoms with van der Waals surface area (Å²) in [5, 5.41) is 6.57. The molecule has 0 fully saturated rings. The van der Waals surface area contributed by atoms with E-state index in [2.05, 4.69) is 32.5 Å². The maximum Gasteiger partial charge on any atom is 0.134 e. The molecule has 0 saturated heterocycles. The molecule has 0 unspecified atom stereocenters. The number of nitrogens with zero attached hydrogens (tertiary/aromatic N) is 3. The third-order valence-corrected chi connectivity index (χ3v) is 3.36. The average molecular weight is 285 g/mol. The monoisotopic (exact) mass is 285 g/mol. The summed E-state index contributed by atoms with van der Waals surface area (Å²) in [5.74, 6) is 2.71. The van der Waals surface area contributed by atoms with Crippen molar-refractivity contribution in [3.05, 3.63) is 41.5 Å². The van der Waals surface area contributed by atoms with Crippen LogP contribution in [-0.2, 0) is 12.8 Å². The van der Waals surface area contributed by atoms with Gasteiger partial charge in [0.05, 0.1) is 0 Å². The zero-order valence-electron chi connectivity index (χ0n) is 13.0. The quantitative estimate of drug-likeness (QED) is 0.819. The molecule has 0 aliphatic carbocycles. The molecular weight excluding hydrogens is 262 g/mol. The van der Waals surface area contributed by atoms with Crippen molar-refractivity contribution < 1.29 is 0 Å². The van der Waals surface area contributed by atoms with E-state index in [1.54, 1.807) is 0 Å². The summed E-state index contributed by atoms with van der Waals surface area (Å²) in [6.07, 6.45) is 6.54.